The normalized spacial score (nSPS) is 10.2. The van der Waals surface area contributed by atoms with Gasteiger partial charge in [0.2, 0.25) is 0 Å². The molecule has 6 heteroatoms. The minimum Gasteiger partial charge on any atom is -0.478 e. The maximum atomic E-state index is 12.1. The van der Waals surface area contributed by atoms with Gasteiger partial charge in [-0.2, -0.15) is 0 Å². The predicted molar refractivity (Wildman–Crippen MR) is 96.9 cm³/mol. The van der Waals surface area contributed by atoms with E-state index < -0.39 is 12.1 Å². The highest BCUT2D eigenvalue weighted by Gasteiger charge is 2.14. The number of carboxylic acid groups (broad SMARTS) is 1. The molecule has 0 aliphatic carbocycles. The van der Waals surface area contributed by atoms with Gasteiger partial charge in [-0.3, -0.25) is 5.32 Å². The largest absolute Gasteiger partial charge is 0.478 e. The molecular weight excluding hydrogens is 332 g/mol. The number of nitrogens with one attached hydrogen (secondary N) is 1. The Bertz CT molecular complexity index is 912. The van der Waals surface area contributed by atoms with Gasteiger partial charge < -0.3 is 9.84 Å². The van der Waals surface area contributed by atoms with Crippen LogP contribution in [0.1, 0.15) is 15.9 Å². The summed E-state index contributed by atoms with van der Waals surface area (Å²) in [5, 5.41) is 11.8. The molecule has 1 heterocycles. The lowest BCUT2D eigenvalue weighted by molar-refractivity contribution is 0.0696. The van der Waals surface area contributed by atoms with Crippen molar-refractivity contribution in [3.8, 4) is 11.1 Å². The molecule has 1 amide bonds. The van der Waals surface area contributed by atoms with Crippen molar-refractivity contribution in [2.75, 3.05) is 5.32 Å². The summed E-state index contributed by atoms with van der Waals surface area (Å²) in [7, 11) is 0. The van der Waals surface area contributed by atoms with E-state index in [-0.39, 0.29) is 18.0 Å². The van der Waals surface area contributed by atoms with E-state index in [0.717, 1.165) is 11.1 Å². The molecule has 1 aromatic heterocycles. The molecule has 0 unspecified atom stereocenters. The highest BCUT2D eigenvalue weighted by atomic mass is 16.5. The van der Waals surface area contributed by atoms with Gasteiger partial charge in [-0.05, 0) is 17.2 Å². The molecule has 0 fully saturated rings. The number of carboxylic acids is 1. The molecule has 0 bridgehead atoms. The second-order valence-electron chi connectivity index (χ2n) is 5.48. The lowest BCUT2D eigenvalue weighted by Gasteiger charge is -2.11. The number of carbonyl (C=O) groups excluding carboxylic acids is 1. The molecule has 0 saturated carbocycles. The lowest BCUT2D eigenvalue weighted by atomic mass is 10.0. The summed E-state index contributed by atoms with van der Waals surface area (Å²) in [5.74, 6) is -0.854. The van der Waals surface area contributed by atoms with Gasteiger partial charge in [0, 0.05) is 11.8 Å². The summed E-state index contributed by atoms with van der Waals surface area (Å²) in [5.41, 5.74) is 2.13. The molecule has 6 nitrogen and oxygen atoms in total. The van der Waals surface area contributed by atoms with Gasteiger partial charge in [0.25, 0.3) is 0 Å². The Kier molecular flexibility index (Phi) is 5.24. The van der Waals surface area contributed by atoms with Crippen LogP contribution >= 0.6 is 0 Å². The SMILES string of the molecule is O=C(Nc1ncc(C(=O)O)cc1-c1ccccc1)OCc1ccccc1. The fourth-order valence-electron chi connectivity index (χ4n) is 2.37. The molecule has 0 aliphatic rings. The van der Waals surface area contributed by atoms with Crippen molar-refractivity contribution in [2.24, 2.45) is 0 Å². The van der Waals surface area contributed by atoms with Gasteiger partial charge in [0.15, 0.2) is 0 Å². The third-order valence-electron chi connectivity index (χ3n) is 3.65. The zero-order valence-corrected chi connectivity index (χ0v) is 13.8. The molecular formula is C20H16N2O4. The monoisotopic (exact) mass is 348 g/mol. The summed E-state index contributed by atoms with van der Waals surface area (Å²) in [6, 6.07) is 19.9. The van der Waals surface area contributed by atoms with E-state index in [1.807, 2.05) is 60.7 Å². The van der Waals surface area contributed by atoms with E-state index in [9.17, 15) is 14.7 Å². The minimum atomic E-state index is -1.09. The fourth-order valence-corrected chi connectivity index (χ4v) is 2.37. The van der Waals surface area contributed by atoms with Crippen molar-refractivity contribution in [3.63, 3.8) is 0 Å². The standard InChI is InChI=1S/C20H16N2O4/c23-19(24)16-11-17(15-9-5-2-6-10-15)18(21-12-16)22-20(25)26-13-14-7-3-1-4-8-14/h1-12H,13H2,(H,23,24)(H,21,22,25). The Morgan fingerprint density at radius 2 is 1.65 bits per heavy atom. The zero-order valence-electron chi connectivity index (χ0n) is 13.8. The number of hydrogen-bond acceptors (Lipinski definition) is 4. The number of aromatic nitrogens is 1. The van der Waals surface area contributed by atoms with Crippen molar-refractivity contribution in [2.45, 2.75) is 6.61 Å². The smallest absolute Gasteiger partial charge is 0.413 e. The van der Waals surface area contributed by atoms with E-state index in [4.69, 9.17) is 4.74 Å². The van der Waals surface area contributed by atoms with Crippen LogP contribution < -0.4 is 5.32 Å². The van der Waals surface area contributed by atoms with E-state index in [1.54, 1.807) is 0 Å². The summed E-state index contributed by atoms with van der Waals surface area (Å²) >= 11 is 0. The van der Waals surface area contributed by atoms with Crippen LogP contribution in [0.2, 0.25) is 0 Å². The second kappa shape index (κ2) is 7.94. The maximum absolute atomic E-state index is 12.1. The van der Waals surface area contributed by atoms with Crippen molar-refractivity contribution in [3.05, 3.63) is 84.1 Å². The number of hydrogen-bond donors (Lipinski definition) is 2. The number of amides is 1. The number of nitrogens with zero attached hydrogens (tertiary/aromatic N) is 1. The highest BCUT2D eigenvalue weighted by Crippen LogP contribution is 2.27. The molecule has 2 N–H and O–H groups in total. The minimum absolute atomic E-state index is 0.0343. The van der Waals surface area contributed by atoms with Crippen LogP contribution in [0.25, 0.3) is 11.1 Å². The van der Waals surface area contributed by atoms with Crippen LogP contribution in [-0.2, 0) is 11.3 Å². The van der Waals surface area contributed by atoms with Crippen LogP contribution in [0.15, 0.2) is 72.9 Å². The Morgan fingerprint density at radius 3 is 2.31 bits per heavy atom. The maximum Gasteiger partial charge on any atom is 0.413 e. The number of pyridine rings is 1. The summed E-state index contributed by atoms with van der Waals surface area (Å²) in [4.78, 5) is 27.4. The van der Waals surface area contributed by atoms with Crippen LogP contribution in [0.5, 0.6) is 0 Å². The number of carbonyl (C=O) groups is 2. The van der Waals surface area contributed by atoms with Gasteiger partial charge in [-0.25, -0.2) is 14.6 Å². The Morgan fingerprint density at radius 1 is 1.00 bits per heavy atom. The number of anilines is 1. The van der Waals surface area contributed by atoms with Crippen LogP contribution in [-0.4, -0.2) is 22.2 Å². The third-order valence-corrected chi connectivity index (χ3v) is 3.65. The molecule has 3 rings (SSSR count). The average molecular weight is 348 g/mol. The first kappa shape index (κ1) is 17.2. The second-order valence-corrected chi connectivity index (χ2v) is 5.48. The van der Waals surface area contributed by atoms with Gasteiger partial charge in [0.05, 0.1) is 5.56 Å². The van der Waals surface area contributed by atoms with Crippen molar-refractivity contribution >= 4 is 17.9 Å². The first-order valence-electron chi connectivity index (χ1n) is 7.90. The lowest BCUT2D eigenvalue weighted by Crippen LogP contribution is -2.15. The summed E-state index contributed by atoms with van der Waals surface area (Å²) in [6.45, 7) is 0.126. The van der Waals surface area contributed by atoms with E-state index in [2.05, 4.69) is 10.3 Å². The van der Waals surface area contributed by atoms with Gasteiger partial charge in [0.1, 0.15) is 12.4 Å². The quantitative estimate of drug-likeness (QED) is 0.721. The first-order chi connectivity index (χ1) is 12.6. The molecule has 26 heavy (non-hydrogen) atoms. The molecule has 0 aliphatic heterocycles. The molecule has 130 valence electrons. The van der Waals surface area contributed by atoms with Crippen molar-refractivity contribution < 1.29 is 19.4 Å². The van der Waals surface area contributed by atoms with E-state index in [0.29, 0.717) is 5.56 Å². The number of aromatic carboxylic acids is 1. The molecule has 2 aromatic carbocycles. The predicted octanol–water partition coefficient (Wildman–Crippen LogP) is 4.20. The molecule has 0 atom stereocenters. The third kappa shape index (κ3) is 4.24. The van der Waals surface area contributed by atoms with E-state index in [1.165, 1.54) is 12.3 Å². The number of ether oxygens (including phenoxy) is 1. The Hall–Kier alpha value is -3.67. The van der Waals surface area contributed by atoms with E-state index >= 15 is 0 Å². The van der Waals surface area contributed by atoms with Crippen molar-refractivity contribution in [1.29, 1.82) is 0 Å². The number of rotatable bonds is 5. The van der Waals surface area contributed by atoms with Crippen LogP contribution in [0.4, 0.5) is 10.6 Å². The molecule has 0 saturated heterocycles. The molecule has 0 spiro atoms. The Labute approximate surface area is 150 Å². The van der Waals surface area contributed by atoms with Gasteiger partial charge in [-0.15, -0.1) is 0 Å². The highest BCUT2D eigenvalue weighted by molar-refractivity contribution is 5.94. The summed E-state index contributed by atoms with van der Waals surface area (Å²) in [6.07, 6.45) is 0.531. The Balaban J connectivity index is 1.80. The first-order valence-corrected chi connectivity index (χ1v) is 7.90. The van der Waals surface area contributed by atoms with Crippen molar-refractivity contribution in [1.82, 2.24) is 4.98 Å². The molecule has 0 radical (unpaired) electrons. The van der Waals surface area contributed by atoms with Gasteiger partial charge >= 0.3 is 12.1 Å². The molecule has 3 aromatic rings. The average Bonchev–Trinajstić information content (AvgIpc) is 2.68. The van der Waals surface area contributed by atoms with Crippen LogP contribution in [0.3, 0.4) is 0 Å². The zero-order chi connectivity index (χ0) is 18.4. The topological polar surface area (TPSA) is 88.5 Å². The van der Waals surface area contributed by atoms with Crippen LogP contribution in [0, 0.1) is 0 Å². The number of benzene rings is 2. The van der Waals surface area contributed by atoms with Gasteiger partial charge in [-0.1, -0.05) is 60.7 Å². The summed E-state index contributed by atoms with van der Waals surface area (Å²) < 4.78 is 5.19. The fraction of sp³-hybridized carbons (Fsp3) is 0.0500.